The third-order valence-corrected chi connectivity index (χ3v) is 5.67. The molecule has 7 heteroatoms. The van der Waals surface area contributed by atoms with Gasteiger partial charge in [-0.25, -0.2) is 4.39 Å². The number of fused-ring (bicyclic) bond motifs is 1. The van der Waals surface area contributed by atoms with Crippen LogP contribution in [0.1, 0.15) is 35.3 Å². The second-order valence-electron chi connectivity index (χ2n) is 8.05. The molecule has 4 aromatic rings. The number of benzene rings is 3. The average molecular weight is 473 g/mol. The number of nitrogens with zero attached hydrogens (tertiary/aromatic N) is 1. The summed E-state index contributed by atoms with van der Waals surface area (Å²) in [5.41, 5.74) is 1.64. The fourth-order valence-corrected chi connectivity index (χ4v) is 3.87. The predicted molar refractivity (Wildman–Crippen MR) is 134 cm³/mol. The third-order valence-electron chi connectivity index (χ3n) is 5.67. The van der Waals surface area contributed by atoms with E-state index in [2.05, 4.69) is 5.32 Å². The molecular weight excluding hydrogens is 447 g/mol. The Kier molecular flexibility index (Phi) is 7.06. The van der Waals surface area contributed by atoms with Gasteiger partial charge in [0.2, 0.25) is 11.3 Å². The van der Waals surface area contributed by atoms with Crippen LogP contribution in [0.2, 0.25) is 0 Å². The van der Waals surface area contributed by atoms with Crippen LogP contribution in [0.3, 0.4) is 0 Å². The van der Waals surface area contributed by atoms with E-state index in [1.54, 1.807) is 36.4 Å². The first-order valence-electron chi connectivity index (χ1n) is 11.4. The molecule has 3 aromatic carbocycles. The van der Waals surface area contributed by atoms with Crippen LogP contribution in [0, 0.1) is 5.82 Å². The van der Waals surface area contributed by atoms with E-state index in [-0.39, 0.29) is 23.4 Å². The van der Waals surface area contributed by atoms with Crippen LogP contribution in [-0.2, 0) is 17.8 Å². The number of amides is 1. The molecule has 1 N–H and O–H groups in total. The van der Waals surface area contributed by atoms with E-state index in [0.29, 0.717) is 29.1 Å². The zero-order valence-electron chi connectivity index (χ0n) is 19.5. The maximum atomic E-state index is 14.0. The van der Waals surface area contributed by atoms with E-state index < -0.39 is 17.0 Å². The van der Waals surface area contributed by atoms with Crippen LogP contribution in [0.4, 0.5) is 10.1 Å². The third kappa shape index (κ3) is 5.30. The quantitative estimate of drug-likeness (QED) is 0.367. The predicted octanol–water partition coefficient (Wildman–Crippen LogP) is 4.97. The van der Waals surface area contributed by atoms with Gasteiger partial charge in [0.1, 0.15) is 18.1 Å². The molecule has 0 bridgehead atoms. The molecule has 0 unspecified atom stereocenters. The Bertz CT molecular complexity index is 1440. The molecule has 0 saturated carbocycles. The number of aryl methyl sites for hydroxylation is 1. The highest BCUT2D eigenvalue weighted by atomic mass is 19.1. The second-order valence-corrected chi connectivity index (χ2v) is 8.05. The lowest BCUT2D eigenvalue weighted by Gasteiger charge is -2.14. The Hall–Kier alpha value is -4.26. The van der Waals surface area contributed by atoms with Crippen LogP contribution >= 0.6 is 0 Å². The van der Waals surface area contributed by atoms with Gasteiger partial charge >= 0.3 is 0 Å². The number of ether oxygens (including phenoxy) is 1. The molecule has 0 atom stereocenters. The standard InChI is InChI=1S/C28H25FN2O4/c1-3-18-5-7-19(8-6-18)27(33)24-16-31(25-14-9-20(29)15-23(25)28(24)34)17-26(32)30-21-10-12-22(13-11-21)35-4-2/h5-16H,3-4,17H2,1-2H3,(H,30,32). The lowest BCUT2D eigenvalue weighted by atomic mass is 10.0. The number of ketones is 1. The minimum atomic E-state index is -0.600. The molecule has 6 nitrogen and oxygen atoms in total. The van der Waals surface area contributed by atoms with Crippen molar-refractivity contribution in [2.24, 2.45) is 0 Å². The molecule has 178 valence electrons. The Morgan fingerprint density at radius 2 is 1.69 bits per heavy atom. The summed E-state index contributed by atoms with van der Waals surface area (Å²) >= 11 is 0. The van der Waals surface area contributed by atoms with E-state index >= 15 is 0 Å². The molecule has 1 heterocycles. The first-order valence-corrected chi connectivity index (χ1v) is 11.4. The van der Waals surface area contributed by atoms with Gasteiger partial charge in [0, 0.05) is 22.8 Å². The number of carbonyl (C=O) groups excluding carboxylic acids is 2. The number of halogens is 1. The summed E-state index contributed by atoms with van der Waals surface area (Å²) in [6.45, 7) is 4.25. The molecule has 35 heavy (non-hydrogen) atoms. The van der Waals surface area contributed by atoms with Crippen molar-refractivity contribution >= 4 is 28.3 Å². The van der Waals surface area contributed by atoms with Gasteiger partial charge in [0.05, 0.1) is 17.7 Å². The molecule has 1 amide bonds. The molecule has 0 aliphatic heterocycles. The Morgan fingerprint density at radius 1 is 0.971 bits per heavy atom. The van der Waals surface area contributed by atoms with Crippen LogP contribution in [0.15, 0.2) is 77.7 Å². The minimum Gasteiger partial charge on any atom is -0.494 e. The fourth-order valence-electron chi connectivity index (χ4n) is 3.87. The topological polar surface area (TPSA) is 77.4 Å². The zero-order valence-corrected chi connectivity index (χ0v) is 19.5. The van der Waals surface area contributed by atoms with E-state index in [9.17, 15) is 18.8 Å². The number of hydrogen-bond donors (Lipinski definition) is 1. The van der Waals surface area contributed by atoms with Gasteiger partial charge in [-0.2, -0.15) is 0 Å². The molecule has 0 radical (unpaired) electrons. The second kappa shape index (κ2) is 10.3. The smallest absolute Gasteiger partial charge is 0.244 e. The van der Waals surface area contributed by atoms with Gasteiger partial charge < -0.3 is 14.6 Å². The number of carbonyl (C=O) groups is 2. The number of aromatic nitrogens is 1. The largest absolute Gasteiger partial charge is 0.494 e. The highest BCUT2D eigenvalue weighted by molar-refractivity contribution is 6.10. The SMILES string of the molecule is CCOc1ccc(NC(=O)Cn2cc(C(=O)c3ccc(CC)cc3)c(=O)c3cc(F)ccc32)cc1. The van der Waals surface area contributed by atoms with Gasteiger partial charge in [0.25, 0.3) is 0 Å². The van der Waals surface area contributed by atoms with Gasteiger partial charge in [-0.1, -0.05) is 31.2 Å². The van der Waals surface area contributed by atoms with Gasteiger partial charge in [-0.05, 0) is 61.4 Å². The van der Waals surface area contributed by atoms with Crippen molar-refractivity contribution in [1.82, 2.24) is 4.57 Å². The number of pyridine rings is 1. The summed E-state index contributed by atoms with van der Waals surface area (Å²) < 4.78 is 20.9. The summed E-state index contributed by atoms with van der Waals surface area (Å²) in [7, 11) is 0. The molecule has 0 aliphatic carbocycles. The zero-order chi connectivity index (χ0) is 24.9. The summed E-state index contributed by atoms with van der Waals surface area (Å²) in [6.07, 6.45) is 2.19. The van der Waals surface area contributed by atoms with E-state index in [0.717, 1.165) is 18.1 Å². The molecule has 0 aliphatic rings. The van der Waals surface area contributed by atoms with Gasteiger partial charge in [0.15, 0.2) is 5.78 Å². The molecule has 4 rings (SSSR count). The molecule has 0 spiro atoms. The number of rotatable bonds is 8. The Balaban J connectivity index is 1.68. The number of nitrogens with one attached hydrogen (secondary N) is 1. The Labute approximate surface area is 202 Å². The van der Waals surface area contributed by atoms with Crippen molar-refractivity contribution in [3.63, 3.8) is 0 Å². The van der Waals surface area contributed by atoms with Crippen LogP contribution in [0.25, 0.3) is 10.9 Å². The van der Waals surface area contributed by atoms with Crippen molar-refractivity contribution in [3.05, 3.63) is 106 Å². The van der Waals surface area contributed by atoms with Crippen LogP contribution in [-0.4, -0.2) is 22.9 Å². The highest BCUT2D eigenvalue weighted by Gasteiger charge is 2.19. The highest BCUT2D eigenvalue weighted by Crippen LogP contribution is 2.18. The van der Waals surface area contributed by atoms with Crippen molar-refractivity contribution in [2.75, 3.05) is 11.9 Å². The summed E-state index contributed by atoms with van der Waals surface area (Å²) in [6, 6.07) is 17.7. The molecule has 0 saturated heterocycles. The monoisotopic (exact) mass is 472 g/mol. The minimum absolute atomic E-state index is 0.0369. The summed E-state index contributed by atoms with van der Waals surface area (Å²) in [4.78, 5) is 39.1. The first kappa shape index (κ1) is 23.9. The van der Waals surface area contributed by atoms with Crippen molar-refractivity contribution in [1.29, 1.82) is 0 Å². The van der Waals surface area contributed by atoms with Crippen molar-refractivity contribution in [3.8, 4) is 5.75 Å². The lowest BCUT2D eigenvalue weighted by molar-refractivity contribution is -0.116. The van der Waals surface area contributed by atoms with E-state index in [1.165, 1.54) is 22.9 Å². The van der Waals surface area contributed by atoms with Crippen LogP contribution < -0.4 is 15.5 Å². The van der Waals surface area contributed by atoms with E-state index in [1.807, 2.05) is 26.0 Å². The van der Waals surface area contributed by atoms with Gasteiger partial charge in [-0.15, -0.1) is 0 Å². The van der Waals surface area contributed by atoms with Crippen molar-refractivity contribution in [2.45, 2.75) is 26.8 Å². The Morgan fingerprint density at radius 3 is 2.34 bits per heavy atom. The normalized spacial score (nSPS) is 10.8. The summed E-state index contributed by atoms with van der Waals surface area (Å²) in [5.74, 6) is -0.760. The summed E-state index contributed by atoms with van der Waals surface area (Å²) in [5, 5.41) is 2.83. The number of anilines is 1. The average Bonchev–Trinajstić information content (AvgIpc) is 2.86. The van der Waals surface area contributed by atoms with Gasteiger partial charge in [-0.3, -0.25) is 14.4 Å². The maximum Gasteiger partial charge on any atom is 0.244 e. The first-order chi connectivity index (χ1) is 16.9. The fraction of sp³-hybridized carbons (Fsp3) is 0.179. The lowest BCUT2D eigenvalue weighted by Crippen LogP contribution is -2.24. The number of hydrogen-bond acceptors (Lipinski definition) is 4. The van der Waals surface area contributed by atoms with Crippen LogP contribution in [0.5, 0.6) is 5.75 Å². The molecular formula is C28H25FN2O4. The molecule has 1 aromatic heterocycles. The van der Waals surface area contributed by atoms with E-state index in [4.69, 9.17) is 4.74 Å². The van der Waals surface area contributed by atoms with Crippen molar-refractivity contribution < 1.29 is 18.7 Å². The molecule has 0 fully saturated rings. The maximum absolute atomic E-state index is 14.0.